The van der Waals surface area contributed by atoms with Crippen molar-refractivity contribution in [3.05, 3.63) is 60.2 Å². The van der Waals surface area contributed by atoms with Gasteiger partial charge in [0, 0.05) is 75.6 Å². The highest BCUT2D eigenvalue weighted by Crippen LogP contribution is 2.33. The number of aromatic nitrogens is 7. The number of benzene rings is 1. The molecular formula is C32H43N11O2. The van der Waals surface area contributed by atoms with Crippen molar-refractivity contribution in [1.82, 2.24) is 39.6 Å². The lowest BCUT2D eigenvalue weighted by atomic mass is 10.1. The Morgan fingerprint density at radius 1 is 1.11 bits per heavy atom. The fourth-order valence-electron chi connectivity index (χ4n) is 4.80. The molecular weight excluding hydrogens is 570 g/mol. The average molecular weight is 614 g/mol. The molecule has 0 unspecified atom stereocenters. The van der Waals surface area contributed by atoms with Crippen LogP contribution in [0.15, 0.2) is 48.9 Å². The van der Waals surface area contributed by atoms with Crippen LogP contribution in [0.2, 0.25) is 0 Å². The van der Waals surface area contributed by atoms with Crippen LogP contribution in [0, 0.1) is 13.8 Å². The molecule has 0 saturated carbocycles. The molecule has 0 aliphatic carbocycles. The maximum absolute atomic E-state index is 9.92. The first-order valence-electron chi connectivity index (χ1n) is 14.8. The van der Waals surface area contributed by atoms with Gasteiger partial charge < -0.3 is 30.0 Å². The normalized spacial score (nSPS) is 12.5. The van der Waals surface area contributed by atoms with Gasteiger partial charge in [-0.2, -0.15) is 10.1 Å². The van der Waals surface area contributed by atoms with Crippen LogP contribution in [-0.4, -0.2) is 93.8 Å². The lowest BCUT2D eigenvalue weighted by Gasteiger charge is -2.09. The number of hydrogen-bond acceptors (Lipinski definition) is 11. The molecule has 5 aromatic rings. The summed E-state index contributed by atoms with van der Waals surface area (Å²) in [7, 11) is 9.18. The van der Waals surface area contributed by atoms with E-state index in [-0.39, 0.29) is 0 Å². The smallest absolute Gasteiger partial charge is 0.228 e. The lowest BCUT2D eigenvalue weighted by Crippen LogP contribution is -2.20. The number of anilines is 4. The van der Waals surface area contributed by atoms with Crippen molar-refractivity contribution in [1.29, 1.82) is 0 Å². The third-order valence-electron chi connectivity index (χ3n) is 7.32. The van der Waals surface area contributed by atoms with Crippen molar-refractivity contribution in [2.75, 3.05) is 63.4 Å². The SMILES string of the molecule is CNc1cccc2c(-c3nc(Nc4cc(C)n(C)n4)ncc3C)c[nH]c12.COc1ccnc(N(C)C)n1.O=CCN1CCCC1. The van der Waals surface area contributed by atoms with Gasteiger partial charge in [-0.15, -0.1) is 0 Å². The second-order valence-corrected chi connectivity index (χ2v) is 10.8. The lowest BCUT2D eigenvalue weighted by molar-refractivity contribution is -0.108. The van der Waals surface area contributed by atoms with Crippen LogP contribution >= 0.6 is 0 Å². The Kier molecular flexibility index (Phi) is 11.4. The van der Waals surface area contributed by atoms with E-state index in [1.54, 1.807) is 19.4 Å². The molecule has 6 rings (SSSR count). The zero-order valence-corrected chi connectivity index (χ0v) is 27.1. The monoisotopic (exact) mass is 613 g/mol. The highest BCUT2D eigenvalue weighted by atomic mass is 16.5. The standard InChI is InChI=1S/C19H21N7.C7H11N3O.C6H11NO/c1-11-9-22-19(23-16-8-12(2)26(4)25-16)24-17(11)14-10-21-18-13(14)6-5-7-15(18)20-3;1-10(2)7-8-5-4-6(9-7)11-3;8-6-5-7-3-1-2-4-7/h5-10,20-21H,1-4H3,(H,22,23,24,25);4-5H,1-3H3;6H,1-5H2. The highest BCUT2D eigenvalue weighted by Gasteiger charge is 2.14. The van der Waals surface area contributed by atoms with E-state index in [0.717, 1.165) is 64.3 Å². The Morgan fingerprint density at radius 3 is 2.53 bits per heavy atom. The molecule has 0 amide bonds. The van der Waals surface area contributed by atoms with Crippen molar-refractivity contribution in [3.8, 4) is 17.1 Å². The molecule has 1 fully saturated rings. The summed E-state index contributed by atoms with van der Waals surface area (Å²) < 4.78 is 6.74. The molecule has 0 radical (unpaired) electrons. The minimum Gasteiger partial charge on any atom is -0.481 e. The third kappa shape index (κ3) is 8.54. The molecule has 0 spiro atoms. The van der Waals surface area contributed by atoms with Crippen LogP contribution in [0.5, 0.6) is 5.88 Å². The number of para-hydroxylation sites is 1. The summed E-state index contributed by atoms with van der Waals surface area (Å²) in [6, 6.07) is 9.86. The molecule has 4 aromatic heterocycles. The summed E-state index contributed by atoms with van der Waals surface area (Å²) in [5, 5.41) is 11.9. The summed E-state index contributed by atoms with van der Waals surface area (Å²) in [6.45, 7) is 6.91. The van der Waals surface area contributed by atoms with Gasteiger partial charge in [-0.3, -0.25) is 9.58 Å². The number of fused-ring (bicyclic) bond motifs is 1. The first-order chi connectivity index (χ1) is 21.7. The molecule has 0 bridgehead atoms. The van der Waals surface area contributed by atoms with E-state index in [1.807, 2.05) is 82.2 Å². The number of aldehydes is 1. The van der Waals surface area contributed by atoms with Crippen LogP contribution in [0.25, 0.3) is 22.2 Å². The second-order valence-electron chi connectivity index (χ2n) is 10.8. The number of hydrogen-bond donors (Lipinski definition) is 3. The number of ether oxygens (including phenoxy) is 1. The highest BCUT2D eigenvalue weighted by molar-refractivity contribution is 6.01. The van der Waals surface area contributed by atoms with Crippen LogP contribution in [0.1, 0.15) is 24.1 Å². The van der Waals surface area contributed by atoms with Gasteiger partial charge in [0.1, 0.15) is 6.29 Å². The maximum Gasteiger partial charge on any atom is 0.228 e. The number of nitrogens with zero attached hydrogens (tertiary/aromatic N) is 8. The van der Waals surface area contributed by atoms with E-state index in [0.29, 0.717) is 24.3 Å². The van der Waals surface area contributed by atoms with Crippen LogP contribution in [0.4, 0.5) is 23.4 Å². The van der Waals surface area contributed by atoms with Crippen molar-refractivity contribution < 1.29 is 9.53 Å². The number of H-pyrrole nitrogens is 1. The molecule has 1 saturated heterocycles. The van der Waals surface area contributed by atoms with E-state index in [4.69, 9.17) is 9.72 Å². The Bertz CT molecular complexity index is 1670. The largest absolute Gasteiger partial charge is 0.481 e. The Hall–Kier alpha value is -5.04. The van der Waals surface area contributed by atoms with E-state index in [2.05, 4.69) is 46.6 Å². The minimum atomic E-state index is 0.530. The summed E-state index contributed by atoms with van der Waals surface area (Å²) in [6.07, 6.45) is 9.02. The van der Waals surface area contributed by atoms with Gasteiger partial charge in [0.05, 0.1) is 30.6 Å². The number of carbonyl (C=O) groups excluding carboxylic acids is 1. The van der Waals surface area contributed by atoms with E-state index < -0.39 is 0 Å². The van der Waals surface area contributed by atoms with Crippen molar-refractivity contribution >= 4 is 40.6 Å². The summed E-state index contributed by atoms with van der Waals surface area (Å²) in [5.74, 6) is 2.51. The van der Waals surface area contributed by atoms with Gasteiger partial charge >= 0.3 is 0 Å². The molecule has 0 atom stereocenters. The van der Waals surface area contributed by atoms with E-state index in [9.17, 15) is 4.79 Å². The molecule has 5 heterocycles. The summed E-state index contributed by atoms with van der Waals surface area (Å²) in [5.41, 5.74) is 6.16. The first-order valence-corrected chi connectivity index (χ1v) is 14.8. The molecule has 238 valence electrons. The molecule has 1 aromatic carbocycles. The van der Waals surface area contributed by atoms with Crippen molar-refractivity contribution in [2.45, 2.75) is 26.7 Å². The first kappa shape index (κ1) is 32.9. The second kappa shape index (κ2) is 15.6. The van der Waals surface area contributed by atoms with E-state index in [1.165, 1.54) is 12.8 Å². The number of likely N-dealkylation sites (tertiary alicyclic amines) is 1. The summed E-state index contributed by atoms with van der Waals surface area (Å²) in [4.78, 5) is 34.5. The van der Waals surface area contributed by atoms with Gasteiger partial charge in [-0.1, -0.05) is 12.1 Å². The van der Waals surface area contributed by atoms with Gasteiger partial charge in [0.2, 0.25) is 17.8 Å². The number of methoxy groups -OCH3 is 1. The van der Waals surface area contributed by atoms with Crippen LogP contribution in [-0.2, 0) is 11.8 Å². The van der Waals surface area contributed by atoms with Gasteiger partial charge in [-0.05, 0) is 51.4 Å². The molecule has 1 aliphatic heterocycles. The van der Waals surface area contributed by atoms with E-state index >= 15 is 0 Å². The van der Waals surface area contributed by atoms with Crippen molar-refractivity contribution in [3.63, 3.8) is 0 Å². The molecule has 13 nitrogen and oxygen atoms in total. The fraction of sp³-hybridized carbons (Fsp3) is 0.375. The number of rotatable bonds is 8. The predicted molar refractivity (Wildman–Crippen MR) is 179 cm³/mol. The number of nitrogens with one attached hydrogen (secondary N) is 3. The fourth-order valence-corrected chi connectivity index (χ4v) is 4.80. The van der Waals surface area contributed by atoms with Crippen LogP contribution in [0.3, 0.4) is 0 Å². The van der Waals surface area contributed by atoms with Crippen molar-refractivity contribution in [2.24, 2.45) is 7.05 Å². The average Bonchev–Trinajstić information content (AvgIpc) is 3.79. The molecule has 1 aliphatic rings. The Labute approximate surface area is 264 Å². The minimum absolute atomic E-state index is 0.530. The van der Waals surface area contributed by atoms with Gasteiger partial charge in [-0.25, -0.2) is 15.0 Å². The maximum atomic E-state index is 9.92. The van der Waals surface area contributed by atoms with Gasteiger partial charge in [0.25, 0.3) is 0 Å². The number of carbonyl (C=O) groups is 1. The number of aryl methyl sites for hydroxylation is 3. The van der Waals surface area contributed by atoms with Crippen LogP contribution < -0.4 is 20.3 Å². The topological polar surface area (TPSA) is 142 Å². The zero-order chi connectivity index (χ0) is 32.3. The summed E-state index contributed by atoms with van der Waals surface area (Å²) >= 11 is 0. The number of aromatic amines is 1. The molecule has 45 heavy (non-hydrogen) atoms. The molecule has 3 N–H and O–H groups in total. The quantitative estimate of drug-likeness (QED) is 0.212. The Morgan fingerprint density at radius 2 is 1.89 bits per heavy atom. The molecule has 13 heteroatoms. The zero-order valence-electron chi connectivity index (χ0n) is 27.1. The third-order valence-corrected chi connectivity index (χ3v) is 7.32. The predicted octanol–water partition coefficient (Wildman–Crippen LogP) is 4.59. The Balaban J connectivity index is 0.000000198. The van der Waals surface area contributed by atoms with Gasteiger partial charge in [0.15, 0.2) is 5.82 Å².